The van der Waals surface area contributed by atoms with Gasteiger partial charge in [0.2, 0.25) is 0 Å². The molecule has 1 saturated heterocycles. The fraction of sp³-hybridized carbons (Fsp3) is 0.633. The van der Waals surface area contributed by atoms with Gasteiger partial charge in [-0.1, -0.05) is 45.9 Å². The maximum Gasteiger partial charge on any atom is 0.513 e. The van der Waals surface area contributed by atoms with Crippen LogP contribution in [-0.4, -0.2) is 80.6 Å². The summed E-state index contributed by atoms with van der Waals surface area (Å²) in [7, 11) is 0. The highest BCUT2D eigenvalue weighted by atomic mass is 16.7. The molecule has 0 spiro atoms. The molecule has 0 amide bonds. The monoisotopic (exact) mass is 610 g/mol. The largest absolute Gasteiger partial charge is 0.513 e. The fourth-order valence-electron chi connectivity index (χ4n) is 4.45. The van der Waals surface area contributed by atoms with Crippen molar-refractivity contribution in [2.75, 3.05) is 19.8 Å². The lowest BCUT2D eigenvalue weighted by Gasteiger charge is -2.44. The molecule has 2 rings (SSSR count). The van der Waals surface area contributed by atoms with Gasteiger partial charge in [0.05, 0.1) is 13.2 Å². The van der Waals surface area contributed by atoms with E-state index < -0.39 is 60.7 Å². The summed E-state index contributed by atoms with van der Waals surface area (Å²) in [6.45, 7) is 12.1. The molecule has 0 aliphatic carbocycles. The van der Waals surface area contributed by atoms with Gasteiger partial charge in [-0.2, -0.15) is 0 Å². The van der Waals surface area contributed by atoms with Gasteiger partial charge >= 0.3 is 30.0 Å². The Kier molecular flexibility index (Phi) is 13.9. The summed E-state index contributed by atoms with van der Waals surface area (Å²) in [5.74, 6) is -2.14. The van der Waals surface area contributed by atoms with Crippen molar-refractivity contribution in [2.24, 2.45) is 0 Å². The SMILES string of the molecule is CC(=O)OCC1O[C@H](OCCCOC(=O)Oc2c(C(C)C)cccc2C(C)C)[C@H](OC(C)=O)C(OC(C)=O)[C@@H]1OC(C)=O. The van der Waals surface area contributed by atoms with E-state index >= 15 is 0 Å². The summed E-state index contributed by atoms with van der Waals surface area (Å²) in [6.07, 6.45) is -7.10. The van der Waals surface area contributed by atoms with Crippen LogP contribution in [0.1, 0.15) is 84.8 Å². The molecular formula is C30H42O13. The zero-order chi connectivity index (χ0) is 32.3. The molecule has 0 bridgehead atoms. The number of hydrogen-bond acceptors (Lipinski definition) is 13. The van der Waals surface area contributed by atoms with E-state index in [0.29, 0.717) is 5.75 Å². The molecule has 1 fully saturated rings. The molecule has 240 valence electrons. The topological polar surface area (TPSA) is 159 Å². The second-order valence-electron chi connectivity index (χ2n) is 10.6. The maximum absolute atomic E-state index is 12.5. The molecule has 1 aliphatic heterocycles. The van der Waals surface area contributed by atoms with Crippen molar-refractivity contribution in [1.82, 2.24) is 0 Å². The number of rotatable bonds is 13. The van der Waals surface area contributed by atoms with Gasteiger partial charge in [-0.25, -0.2) is 4.79 Å². The van der Waals surface area contributed by atoms with Crippen LogP contribution in [0.15, 0.2) is 18.2 Å². The Hall–Kier alpha value is -3.71. The summed E-state index contributed by atoms with van der Waals surface area (Å²) in [5.41, 5.74) is 1.77. The molecule has 0 radical (unpaired) electrons. The Bertz CT molecular complexity index is 1100. The minimum Gasteiger partial charge on any atom is -0.463 e. The lowest BCUT2D eigenvalue weighted by molar-refractivity contribution is -0.308. The Balaban J connectivity index is 2.11. The Morgan fingerprint density at radius 3 is 1.77 bits per heavy atom. The summed E-state index contributed by atoms with van der Waals surface area (Å²) >= 11 is 0. The van der Waals surface area contributed by atoms with Gasteiger partial charge in [0.1, 0.15) is 18.5 Å². The highest BCUT2D eigenvalue weighted by molar-refractivity contribution is 5.69. The van der Waals surface area contributed by atoms with E-state index in [1.54, 1.807) is 0 Å². The van der Waals surface area contributed by atoms with E-state index in [1.165, 1.54) is 6.92 Å². The predicted molar refractivity (Wildman–Crippen MR) is 149 cm³/mol. The number of carbonyl (C=O) groups is 5. The van der Waals surface area contributed by atoms with Crippen LogP contribution in [0, 0.1) is 0 Å². The summed E-state index contributed by atoms with van der Waals surface area (Å²) in [5, 5.41) is 0. The molecule has 43 heavy (non-hydrogen) atoms. The second-order valence-corrected chi connectivity index (χ2v) is 10.6. The number of hydrogen-bond donors (Lipinski definition) is 0. The van der Waals surface area contributed by atoms with Crippen LogP contribution in [-0.2, 0) is 52.3 Å². The fourth-order valence-corrected chi connectivity index (χ4v) is 4.45. The molecule has 1 heterocycles. The van der Waals surface area contributed by atoms with Crippen molar-refractivity contribution < 1.29 is 61.9 Å². The molecule has 13 heteroatoms. The first-order valence-electron chi connectivity index (χ1n) is 14.1. The lowest BCUT2D eigenvalue weighted by Crippen LogP contribution is -2.63. The molecular weight excluding hydrogens is 568 g/mol. The molecule has 1 aromatic carbocycles. The van der Waals surface area contributed by atoms with Gasteiger partial charge in [-0.3, -0.25) is 19.2 Å². The maximum atomic E-state index is 12.5. The first-order valence-corrected chi connectivity index (χ1v) is 14.1. The summed E-state index contributed by atoms with van der Waals surface area (Å²) in [4.78, 5) is 59.7. The first-order chi connectivity index (χ1) is 20.2. The van der Waals surface area contributed by atoms with Crippen LogP contribution >= 0.6 is 0 Å². The Morgan fingerprint density at radius 1 is 0.721 bits per heavy atom. The number of esters is 4. The molecule has 1 aliphatic rings. The van der Waals surface area contributed by atoms with E-state index in [2.05, 4.69) is 0 Å². The minimum absolute atomic E-state index is 0.0547. The quantitative estimate of drug-likeness (QED) is 0.137. The standard InChI is InChI=1S/C30H42O13/c1-16(2)22-11-9-12-23(17(3)4)25(22)43-30(35)37-14-10-13-36-29-28(41-21(8)34)27(40-20(7)33)26(39-19(6)32)24(42-29)15-38-18(5)31/h9,11-12,16-17,24,26-29H,10,13-15H2,1-8H3/t24?,26-,27?,28-,29+/m1/s1. The average Bonchev–Trinajstić information content (AvgIpc) is 2.89. The van der Waals surface area contributed by atoms with Crippen molar-refractivity contribution >= 4 is 30.0 Å². The van der Waals surface area contributed by atoms with Crippen LogP contribution in [0.3, 0.4) is 0 Å². The Morgan fingerprint density at radius 2 is 1.26 bits per heavy atom. The van der Waals surface area contributed by atoms with E-state index in [9.17, 15) is 24.0 Å². The van der Waals surface area contributed by atoms with Gasteiger partial charge in [0.15, 0.2) is 24.6 Å². The van der Waals surface area contributed by atoms with Gasteiger partial charge in [0, 0.05) is 34.1 Å². The zero-order valence-corrected chi connectivity index (χ0v) is 25.9. The van der Waals surface area contributed by atoms with Gasteiger partial charge < -0.3 is 37.9 Å². The van der Waals surface area contributed by atoms with E-state index in [0.717, 1.165) is 31.9 Å². The van der Waals surface area contributed by atoms with Crippen LogP contribution < -0.4 is 4.74 Å². The van der Waals surface area contributed by atoms with Crippen LogP contribution in [0.2, 0.25) is 0 Å². The van der Waals surface area contributed by atoms with E-state index in [1.807, 2.05) is 45.9 Å². The third kappa shape index (κ3) is 11.1. The zero-order valence-electron chi connectivity index (χ0n) is 25.9. The van der Waals surface area contributed by atoms with Crippen molar-refractivity contribution in [3.63, 3.8) is 0 Å². The first kappa shape index (κ1) is 35.5. The third-order valence-electron chi connectivity index (χ3n) is 6.24. The molecule has 1 aromatic rings. The highest BCUT2D eigenvalue weighted by Gasteiger charge is 2.52. The van der Waals surface area contributed by atoms with Crippen LogP contribution in [0.25, 0.3) is 0 Å². The Labute approximate surface area is 251 Å². The van der Waals surface area contributed by atoms with Crippen molar-refractivity contribution in [3.05, 3.63) is 29.3 Å². The number of ether oxygens (including phenoxy) is 8. The molecule has 13 nitrogen and oxygen atoms in total. The smallest absolute Gasteiger partial charge is 0.463 e. The van der Waals surface area contributed by atoms with Gasteiger partial charge in [-0.05, 0) is 23.0 Å². The minimum atomic E-state index is -1.34. The lowest BCUT2D eigenvalue weighted by atomic mass is 9.94. The molecule has 2 unspecified atom stereocenters. The molecule has 5 atom stereocenters. The number of benzene rings is 1. The van der Waals surface area contributed by atoms with Gasteiger partial charge in [0.25, 0.3) is 0 Å². The summed E-state index contributed by atoms with van der Waals surface area (Å²) in [6, 6.07) is 5.73. The van der Waals surface area contributed by atoms with Gasteiger partial charge in [-0.15, -0.1) is 0 Å². The van der Waals surface area contributed by atoms with Crippen molar-refractivity contribution in [3.8, 4) is 5.75 Å². The normalized spacial score (nSPS) is 21.6. The van der Waals surface area contributed by atoms with Crippen molar-refractivity contribution in [1.29, 1.82) is 0 Å². The van der Waals surface area contributed by atoms with Crippen LogP contribution in [0.4, 0.5) is 4.79 Å². The van der Waals surface area contributed by atoms with Crippen LogP contribution in [0.5, 0.6) is 5.75 Å². The summed E-state index contributed by atoms with van der Waals surface area (Å²) < 4.78 is 43.6. The molecule has 0 saturated carbocycles. The molecule has 0 aromatic heterocycles. The average molecular weight is 611 g/mol. The second kappa shape index (κ2) is 16.8. The number of para-hydroxylation sites is 1. The number of carbonyl (C=O) groups excluding carboxylic acids is 5. The third-order valence-corrected chi connectivity index (χ3v) is 6.24. The highest BCUT2D eigenvalue weighted by Crippen LogP contribution is 2.35. The van der Waals surface area contributed by atoms with E-state index in [-0.39, 0.29) is 38.1 Å². The van der Waals surface area contributed by atoms with E-state index in [4.69, 9.17) is 37.9 Å². The molecule has 0 N–H and O–H groups in total. The van der Waals surface area contributed by atoms with Crippen molar-refractivity contribution in [2.45, 2.75) is 104 Å². The predicted octanol–water partition coefficient (Wildman–Crippen LogP) is 3.94.